The lowest BCUT2D eigenvalue weighted by Gasteiger charge is -2.10. The first kappa shape index (κ1) is 11.3. The first-order valence-electron chi connectivity index (χ1n) is 5.70. The third kappa shape index (κ3) is 1.55. The Morgan fingerprint density at radius 2 is 2.06 bits per heavy atom. The Hall–Kier alpha value is -1.22. The average molecular weight is 221 g/mol. The Balaban J connectivity index is 2.33. The molecule has 0 heterocycles. The molecule has 2 rings (SSSR count). The van der Waals surface area contributed by atoms with Crippen molar-refractivity contribution in [1.29, 1.82) is 0 Å². The van der Waals surface area contributed by atoms with E-state index in [4.69, 9.17) is 10.5 Å². The molecule has 0 saturated heterocycles. The molecule has 88 valence electrons. The van der Waals surface area contributed by atoms with E-state index in [-0.39, 0.29) is 23.1 Å². The molecule has 2 atom stereocenters. The standard InChI is InChI=1S/C13H19NO2/c1-4-16-9-7-5-6-8(11(9)15)10-12(14)13(10,2)3/h5-7,10,12,15H,4,14H2,1-3H3. The zero-order chi connectivity index (χ0) is 11.9. The fraction of sp³-hybridized carbons (Fsp3) is 0.538. The van der Waals surface area contributed by atoms with Gasteiger partial charge in [0.15, 0.2) is 11.5 Å². The summed E-state index contributed by atoms with van der Waals surface area (Å²) < 4.78 is 5.37. The Labute approximate surface area is 96.2 Å². The van der Waals surface area contributed by atoms with Crippen molar-refractivity contribution in [3.63, 3.8) is 0 Å². The maximum absolute atomic E-state index is 10.1. The van der Waals surface area contributed by atoms with Crippen LogP contribution in [0.15, 0.2) is 18.2 Å². The topological polar surface area (TPSA) is 55.5 Å². The average Bonchev–Trinajstić information content (AvgIpc) is 2.71. The van der Waals surface area contributed by atoms with Crippen molar-refractivity contribution in [2.45, 2.75) is 32.7 Å². The summed E-state index contributed by atoms with van der Waals surface area (Å²) in [5.74, 6) is 1.03. The highest BCUT2D eigenvalue weighted by Crippen LogP contribution is 2.59. The summed E-state index contributed by atoms with van der Waals surface area (Å²) in [5, 5.41) is 10.1. The Morgan fingerprint density at radius 1 is 1.44 bits per heavy atom. The zero-order valence-electron chi connectivity index (χ0n) is 10.0. The summed E-state index contributed by atoms with van der Waals surface area (Å²) in [6.07, 6.45) is 0. The number of nitrogens with two attached hydrogens (primary N) is 1. The fourth-order valence-electron chi connectivity index (χ4n) is 2.33. The van der Waals surface area contributed by atoms with Crippen molar-refractivity contribution < 1.29 is 9.84 Å². The minimum absolute atomic E-state index is 0.0717. The minimum atomic E-state index is 0.0717. The predicted octanol–water partition coefficient (Wildman–Crippen LogP) is 2.24. The quantitative estimate of drug-likeness (QED) is 0.823. The molecule has 1 aromatic rings. The van der Waals surface area contributed by atoms with E-state index in [1.165, 1.54) is 0 Å². The van der Waals surface area contributed by atoms with Gasteiger partial charge in [-0.25, -0.2) is 0 Å². The van der Waals surface area contributed by atoms with Crippen molar-refractivity contribution in [2.75, 3.05) is 6.61 Å². The van der Waals surface area contributed by atoms with Crippen LogP contribution in [0.1, 0.15) is 32.3 Å². The molecule has 3 N–H and O–H groups in total. The van der Waals surface area contributed by atoms with E-state index < -0.39 is 0 Å². The number of phenols is 1. The van der Waals surface area contributed by atoms with E-state index in [0.717, 1.165) is 5.56 Å². The summed E-state index contributed by atoms with van der Waals surface area (Å²) in [4.78, 5) is 0. The highest BCUT2D eigenvalue weighted by molar-refractivity contribution is 5.51. The molecule has 0 amide bonds. The fourth-order valence-corrected chi connectivity index (χ4v) is 2.33. The minimum Gasteiger partial charge on any atom is -0.504 e. The second-order valence-electron chi connectivity index (χ2n) is 4.95. The maximum atomic E-state index is 10.1. The van der Waals surface area contributed by atoms with Gasteiger partial charge in [-0.2, -0.15) is 0 Å². The molecule has 2 unspecified atom stereocenters. The van der Waals surface area contributed by atoms with Gasteiger partial charge in [0, 0.05) is 17.5 Å². The number of ether oxygens (including phenoxy) is 1. The van der Waals surface area contributed by atoms with E-state index in [9.17, 15) is 5.11 Å². The van der Waals surface area contributed by atoms with Crippen molar-refractivity contribution in [2.24, 2.45) is 11.1 Å². The number of aromatic hydroxyl groups is 1. The van der Waals surface area contributed by atoms with Gasteiger partial charge in [-0.3, -0.25) is 0 Å². The zero-order valence-corrected chi connectivity index (χ0v) is 10.0. The Bertz CT molecular complexity index is 401. The van der Waals surface area contributed by atoms with Crippen molar-refractivity contribution in [1.82, 2.24) is 0 Å². The van der Waals surface area contributed by atoms with Gasteiger partial charge in [-0.1, -0.05) is 26.0 Å². The maximum Gasteiger partial charge on any atom is 0.161 e. The number of hydrogen-bond acceptors (Lipinski definition) is 3. The van der Waals surface area contributed by atoms with Gasteiger partial charge in [0.25, 0.3) is 0 Å². The highest BCUT2D eigenvalue weighted by atomic mass is 16.5. The molecule has 1 aliphatic rings. The van der Waals surface area contributed by atoms with Gasteiger partial charge in [0.2, 0.25) is 0 Å². The van der Waals surface area contributed by atoms with Crippen LogP contribution in [0.2, 0.25) is 0 Å². The van der Waals surface area contributed by atoms with Crippen molar-refractivity contribution in [3.8, 4) is 11.5 Å². The lowest BCUT2D eigenvalue weighted by atomic mass is 10.0. The van der Waals surface area contributed by atoms with Crippen LogP contribution in [0, 0.1) is 5.41 Å². The molecule has 0 radical (unpaired) electrons. The van der Waals surface area contributed by atoms with Crippen molar-refractivity contribution in [3.05, 3.63) is 23.8 Å². The molecule has 1 fully saturated rings. The van der Waals surface area contributed by atoms with E-state index >= 15 is 0 Å². The second kappa shape index (κ2) is 3.67. The molecule has 1 aromatic carbocycles. The second-order valence-corrected chi connectivity index (χ2v) is 4.95. The van der Waals surface area contributed by atoms with E-state index in [1.807, 2.05) is 19.1 Å². The summed E-state index contributed by atoms with van der Waals surface area (Å²) >= 11 is 0. The van der Waals surface area contributed by atoms with Crippen LogP contribution in [0.3, 0.4) is 0 Å². The van der Waals surface area contributed by atoms with E-state index in [2.05, 4.69) is 13.8 Å². The van der Waals surface area contributed by atoms with E-state index in [0.29, 0.717) is 12.4 Å². The van der Waals surface area contributed by atoms with Crippen LogP contribution in [-0.4, -0.2) is 17.8 Å². The Morgan fingerprint density at radius 3 is 2.56 bits per heavy atom. The smallest absolute Gasteiger partial charge is 0.161 e. The number of benzene rings is 1. The molecule has 3 heteroatoms. The van der Waals surface area contributed by atoms with Crippen LogP contribution in [0.4, 0.5) is 0 Å². The molecule has 0 spiro atoms. The van der Waals surface area contributed by atoms with Gasteiger partial charge in [-0.05, 0) is 18.4 Å². The van der Waals surface area contributed by atoms with Crippen LogP contribution in [-0.2, 0) is 0 Å². The number of phenolic OH excluding ortho intramolecular Hbond substituents is 1. The lowest BCUT2D eigenvalue weighted by Crippen LogP contribution is -2.06. The van der Waals surface area contributed by atoms with Gasteiger partial charge in [0.05, 0.1) is 6.61 Å². The van der Waals surface area contributed by atoms with E-state index in [1.54, 1.807) is 6.07 Å². The van der Waals surface area contributed by atoms with Gasteiger partial charge in [0.1, 0.15) is 0 Å². The molecule has 16 heavy (non-hydrogen) atoms. The van der Waals surface area contributed by atoms with Gasteiger partial charge < -0.3 is 15.6 Å². The molecule has 1 saturated carbocycles. The summed E-state index contributed by atoms with van der Waals surface area (Å²) in [7, 11) is 0. The third-order valence-electron chi connectivity index (χ3n) is 3.58. The summed E-state index contributed by atoms with van der Waals surface area (Å²) in [5.41, 5.74) is 6.99. The molecule has 0 bridgehead atoms. The first-order valence-corrected chi connectivity index (χ1v) is 5.70. The largest absolute Gasteiger partial charge is 0.504 e. The monoisotopic (exact) mass is 221 g/mol. The predicted molar refractivity (Wildman–Crippen MR) is 63.8 cm³/mol. The normalized spacial score (nSPS) is 26.5. The summed E-state index contributed by atoms with van der Waals surface area (Å²) in [6.45, 7) is 6.69. The van der Waals surface area contributed by atoms with Crippen LogP contribution in [0.5, 0.6) is 11.5 Å². The number of rotatable bonds is 3. The molecule has 1 aliphatic carbocycles. The molecule has 0 aromatic heterocycles. The van der Waals surface area contributed by atoms with Crippen LogP contribution in [0.25, 0.3) is 0 Å². The van der Waals surface area contributed by atoms with Crippen LogP contribution < -0.4 is 10.5 Å². The van der Waals surface area contributed by atoms with Crippen molar-refractivity contribution >= 4 is 0 Å². The Kier molecular flexibility index (Phi) is 2.58. The first-order chi connectivity index (χ1) is 7.50. The molecule has 0 aliphatic heterocycles. The highest BCUT2D eigenvalue weighted by Gasteiger charge is 2.57. The third-order valence-corrected chi connectivity index (χ3v) is 3.58. The SMILES string of the molecule is CCOc1cccc(C2C(N)C2(C)C)c1O. The number of para-hydroxylation sites is 1. The van der Waals surface area contributed by atoms with Crippen LogP contribution >= 0.6 is 0 Å². The number of hydrogen-bond donors (Lipinski definition) is 2. The molecule has 3 nitrogen and oxygen atoms in total. The summed E-state index contributed by atoms with van der Waals surface area (Å²) in [6, 6.07) is 5.73. The lowest BCUT2D eigenvalue weighted by molar-refractivity contribution is 0.316. The van der Waals surface area contributed by atoms with Gasteiger partial charge in [-0.15, -0.1) is 0 Å². The van der Waals surface area contributed by atoms with Gasteiger partial charge >= 0.3 is 0 Å². The molecular formula is C13H19NO2. The molecular weight excluding hydrogens is 202 g/mol.